The van der Waals surface area contributed by atoms with Gasteiger partial charge in [-0.25, -0.2) is 5.11 Å². The van der Waals surface area contributed by atoms with E-state index >= 15 is 0 Å². The molecule has 0 aromatic carbocycles. The third-order valence-electron chi connectivity index (χ3n) is 0.720. The van der Waals surface area contributed by atoms with E-state index in [9.17, 15) is 5.11 Å². The van der Waals surface area contributed by atoms with Gasteiger partial charge in [-0.05, 0) is 13.0 Å². The minimum Gasteiger partial charge on any atom is -0.379 e. The van der Waals surface area contributed by atoms with Crippen molar-refractivity contribution in [2.45, 2.75) is 6.42 Å². The molecule has 0 bridgehead atoms. The molecule has 3 heteroatoms. The van der Waals surface area contributed by atoms with Crippen LogP contribution in [0.5, 0.6) is 0 Å². The SMILES string of the molecule is NCCCOCC[O]. The fraction of sp³-hybridized carbons (Fsp3) is 1.00. The Kier molecular flexibility index (Phi) is 6.78. The molecule has 0 aromatic heterocycles. The van der Waals surface area contributed by atoms with Crippen molar-refractivity contribution in [3.05, 3.63) is 0 Å². The van der Waals surface area contributed by atoms with E-state index in [2.05, 4.69) is 0 Å². The summed E-state index contributed by atoms with van der Waals surface area (Å²) >= 11 is 0. The zero-order valence-electron chi connectivity index (χ0n) is 4.93. The molecule has 2 N–H and O–H groups in total. The lowest BCUT2D eigenvalue weighted by molar-refractivity contribution is 0.0634. The van der Waals surface area contributed by atoms with E-state index in [0.29, 0.717) is 19.8 Å². The molecule has 0 unspecified atom stereocenters. The lowest BCUT2D eigenvalue weighted by atomic mass is 10.5. The van der Waals surface area contributed by atoms with Gasteiger partial charge in [0.15, 0.2) is 0 Å². The molecule has 0 spiro atoms. The van der Waals surface area contributed by atoms with Gasteiger partial charge in [-0.3, -0.25) is 0 Å². The average Bonchev–Trinajstić information content (AvgIpc) is 1.81. The minimum atomic E-state index is -0.148. The van der Waals surface area contributed by atoms with Gasteiger partial charge in [0.05, 0.1) is 6.61 Å². The standard InChI is InChI=1S/C5H12NO2/c6-2-1-4-8-5-3-7/h1-6H2. The molecule has 0 aliphatic carbocycles. The summed E-state index contributed by atoms with van der Waals surface area (Å²) in [5.41, 5.74) is 5.15. The molecule has 0 fully saturated rings. The summed E-state index contributed by atoms with van der Waals surface area (Å²) in [5.74, 6) is 0. The van der Waals surface area contributed by atoms with Crippen molar-refractivity contribution in [3.63, 3.8) is 0 Å². The van der Waals surface area contributed by atoms with Gasteiger partial charge >= 0.3 is 0 Å². The summed E-state index contributed by atoms with van der Waals surface area (Å²) < 4.78 is 4.83. The lowest BCUT2D eigenvalue weighted by Gasteiger charge is -1.96. The number of nitrogens with two attached hydrogens (primary N) is 1. The highest BCUT2D eigenvalue weighted by Gasteiger charge is 1.83. The molecular formula is C5H12NO2. The van der Waals surface area contributed by atoms with Crippen LogP contribution in [0.25, 0.3) is 0 Å². The largest absolute Gasteiger partial charge is 0.379 e. The molecule has 0 amide bonds. The summed E-state index contributed by atoms with van der Waals surface area (Å²) in [6.45, 7) is 1.43. The van der Waals surface area contributed by atoms with Crippen LogP contribution in [0.4, 0.5) is 0 Å². The molecule has 0 heterocycles. The highest BCUT2D eigenvalue weighted by molar-refractivity contribution is 4.34. The van der Waals surface area contributed by atoms with Crippen molar-refractivity contribution in [2.75, 3.05) is 26.4 Å². The van der Waals surface area contributed by atoms with Crippen LogP contribution in [0, 0.1) is 0 Å². The second-order valence-corrected chi connectivity index (χ2v) is 1.46. The van der Waals surface area contributed by atoms with E-state index in [1.54, 1.807) is 0 Å². The quantitative estimate of drug-likeness (QED) is 0.507. The third kappa shape index (κ3) is 5.88. The van der Waals surface area contributed by atoms with Crippen LogP contribution < -0.4 is 5.73 Å². The van der Waals surface area contributed by atoms with Crippen LogP contribution in [0.2, 0.25) is 0 Å². The van der Waals surface area contributed by atoms with Crippen molar-refractivity contribution in [1.29, 1.82) is 0 Å². The van der Waals surface area contributed by atoms with E-state index in [1.165, 1.54) is 0 Å². The molecule has 49 valence electrons. The Morgan fingerprint density at radius 2 is 2.12 bits per heavy atom. The molecule has 0 rings (SSSR count). The van der Waals surface area contributed by atoms with Crippen LogP contribution in [-0.4, -0.2) is 26.4 Å². The summed E-state index contributed by atoms with van der Waals surface area (Å²) in [6, 6.07) is 0. The first-order valence-corrected chi connectivity index (χ1v) is 2.77. The van der Waals surface area contributed by atoms with Gasteiger partial charge in [-0.2, -0.15) is 0 Å². The molecule has 0 aromatic rings. The van der Waals surface area contributed by atoms with Crippen LogP contribution in [0.15, 0.2) is 0 Å². The second kappa shape index (κ2) is 6.88. The van der Waals surface area contributed by atoms with Crippen molar-refractivity contribution in [1.82, 2.24) is 0 Å². The molecule has 0 saturated carbocycles. The van der Waals surface area contributed by atoms with Gasteiger partial charge in [0.1, 0.15) is 6.61 Å². The van der Waals surface area contributed by atoms with Crippen molar-refractivity contribution in [3.8, 4) is 0 Å². The Labute approximate surface area is 49.4 Å². The van der Waals surface area contributed by atoms with Crippen LogP contribution >= 0.6 is 0 Å². The summed E-state index contributed by atoms with van der Waals surface area (Å²) in [4.78, 5) is 0. The Morgan fingerprint density at radius 1 is 1.38 bits per heavy atom. The van der Waals surface area contributed by atoms with Crippen LogP contribution in [0.3, 0.4) is 0 Å². The maximum Gasteiger partial charge on any atom is 0.106 e. The van der Waals surface area contributed by atoms with Crippen molar-refractivity contribution >= 4 is 0 Å². The minimum absolute atomic E-state index is 0.148. The molecule has 0 atom stereocenters. The first kappa shape index (κ1) is 7.88. The number of hydrogen-bond donors (Lipinski definition) is 1. The van der Waals surface area contributed by atoms with Gasteiger partial charge < -0.3 is 10.5 Å². The van der Waals surface area contributed by atoms with Gasteiger partial charge in [0.2, 0.25) is 0 Å². The summed E-state index contributed by atoms with van der Waals surface area (Å²) in [5, 5.41) is 9.74. The van der Waals surface area contributed by atoms with Gasteiger partial charge in [0, 0.05) is 6.61 Å². The predicted octanol–water partition coefficient (Wildman–Crippen LogP) is -0.218. The number of rotatable bonds is 5. The Morgan fingerprint density at radius 3 is 2.62 bits per heavy atom. The molecular weight excluding hydrogens is 106 g/mol. The van der Waals surface area contributed by atoms with Crippen molar-refractivity contribution in [2.24, 2.45) is 5.73 Å². The molecule has 0 saturated heterocycles. The number of ether oxygens (including phenoxy) is 1. The third-order valence-corrected chi connectivity index (χ3v) is 0.720. The van der Waals surface area contributed by atoms with Crippen LogP contribution in [0.1, 0.15) is 6.42 Å². The monoisotopic (exact) mass is 118 g/mol. The molecule has 0 aliphatic heterocycles. The Bertz CT molecular complexity index is 35.4. The van der Waals surface area contributed by atoms with Gasteiger partial charge in [-0.1, -0.05) is 0 Å². The van der Waals surface area contributed by atoms with E-state index in [0.717, 1.165) is 6.42 Å². The molecule has 0 aliphatic rings. The predicted molar refractivity (Wildman–Crippen MR) is 30.0 cm³/mol. The van der Waals surface area contributed by atoms with E-state index in [1.807, 2.05) is 0 Å². The Hall–Kier alpha value is -0.120. The number of hydrogen-bond acceptors (Lipinski definition) is 2. The zero-order valence-corrected chi connectivity index (χ0v) is 4.93. The molecule has 3 nitrogen and oxygen atoms in total. The van der Waals surface area contributed by atoms with E-state index in [-0.39, 0.29) is 6.61 Å². The average molecular weight is 118 g/mol. The fourth-order valence-corrected chi connectivity index (χ4v) is 0.346. The Balaban J connectivity index is 2.53. The highest BCUT2D eigenvalue weighted by atomic mass is 16.5. The highest BCUT2D eigenvalue weighted by Crippen LogP contribution is 1.77. The molecule has 1 radical (unpaired) electrons. The summed E-state index contributed by atoms with van der Waals surface area (Å²) in [7, 11) is 0. The fourth-order valence-electron chi connectivity index (χ4n) is 0.346. The second-order valence-electron chi connectivity index (χ2n) is 1.46. The molecule has 8 heavy (non-hydrogen) atoms. The zero-order chi connectivity index (χ0) is 6.24. The smallest absolute Gasteiger partial charge is 0.106 e. The summed E-state index contributed by atoms with van der Waals surface area (Å²) in [6.07, 6.45) is 0.847. The van der Waals surface area contributed by atoms with Gasteiger partial charge in [0.25, 0.3) is 0 Å². The van der Waals surface area contributed by atoms with Gasteiger partial charge in [-0.15, -0.1) is 0 Å². The van der Waals surface area contributed by atoms with E-state index in [4.69, 9.17) is 10.5 Å². The lowest BCUT2D eigenvalue weighted by Crippen LogP contribution is -2.06. The topological polar surface area (TPSA) is 55.1 Å². The maximum atomic E-state index is 9.74. The first-order valence-electron chi connectivity index (χ1n) is 2.77. The van der Waals surface area contributed by atoms with Crippen LogP contribution in [-0.2, 0) is 9.84 Å². The van der Waals surface area contributed by atoms with Crippen molar-refractivity contribution < 1.29 is 9.84 Å². The first-order chi connectivity index (χ1) is 3.91. The van der Waals surface area contributed by atoms with E-state index < -0.39 is 0 Å². The maximum absolute atomic E-state index is 9.74. The normalized spacial score (nSPS) is 9.75.